The summed E-state index contributed by atoms with van der Waals surface area (Å²) < 4.78 is 15.4. The van der Waals surface area contributed by atoms with E-state index in [0.29, 0.717) is 5.69 Å². The van der Waals surface area contributed by atoms with Gasteiger partial charge in [0.25, 0.3) is 0 Å². The molecule has 0 aliphatic rings. The predicted octanol–water partition coefficient (Wildman–Crippen LogP) is 3.39. The lowest BCUT2D eigenvalue weighted by Gasteiger charge is -2.11. The number of carbonyl (C=O) groups excluding carboxylic acids is 2. The SMILES string of the molecule is CCOC(=O)C(=CNc1ccc(O)c(OCc2ccccc2)c1)C(=O)OCC. The quantitative estimate of drug-likeness (QED) is 0.225. The molecule has 0 amide bonds. The first kappa shape index (κ1) is 20.8. The van der Waals surface area contributed by atoms with E-state index in [2.05, 4.69) is 5.32 Å². The monoisotopic (exact) mass is 385 g/mol. The molecule has 0 saturated heterocycles. The fraction of sp³-hybridized carbons (Fsp3) is 0.238. The molecule has 0 unspecified atom stereocenters. The molecular weight excluding hydrogens is 362 g/mol. The van der Waals surface area contributed by atoms with Crippen LogP contribution in [-0.2, 0) is 25.7 Å². The number of anilines is 1. The molecular formula is C21H23NO6. The lowest BCUT2D eigenvalue weighted by Crippen LogP contribution is -2.19. The van der Waals surface area contributed by atoms with Crippen molar-refractivity contribution in [1.82, 2.24) is 0 Å². The van der Waals surface area contributed by atoms with E-state index in [0.717, 1.165) is 5.56 Å². The highest BCUT2D eigenvalue weighted by Gasteiger charge is 2.21. The second kappa shape index (κ2) is 10.6. The second-order valence-corrected chi connectivity index (χ2v) is 5.60. The van der Waals surface area contributed by atoms with Crippen LogP contribution in [0.5, 0.6) is 11.5 Å². The van der Waals surface area contributed by atoms with Crippen molar-refractivity contribution >= 4 is 17.6 Å². The molecule has 0 heterocycles. The topological polar surface area (TPSA) is 94.1 Å². The minimum atomic E-state index is -0.784. The standard InChI is InChI=1S/C21H23NO6/c1-3-26-20(24)17(21(25)27-4-2)13-22-16-10-11-18(23)19(12-16)28-14-15-8-6-5-7-9-15/h5-13,22-23H,3-4,14H2,1-2H3. The summed E-state index contributed by atoms with van der Waals surface area (Å²) in [6, 6.07) is 14.1. The number of phenolic OH excluding ortho intramolecular Hbond substituents is 1. The van der Waals surface area contributed by atoms with E-state index in [9.17, 15) is 14.7 Å². The predicted molar refractivity (Wildman–Crippen MR) is 104 cm³/mol. The molecule has 0 radical (unpaired) electrons. The summed E-state index contributed by atoms with van der Waals surface area (Å²) >= 11 is 0. The van der Waals surface area contributed by atoms with Crippen molar-refractivity contribution in [2.75, 3.05) is 18.5 Å². The number of rotatable bonds is 9. The average Bonchev–Trinajstić information content (AvgIpc) is 2.69. The maximum atomic E-state index is 12.0. The van der Waals surface area contributed by atoms with Gasteiger partial charge in [-0.1, -0.05) is 30.3 Å². The van der Waals surface area contributed by atoms with E-state index < -0.39 is 11.9 Å². The molecule has 7 nitrogen and oxygen atoms in total. The van der Waals surface area contributed by atoms with Crippen LogP contribution in [0.4, 0.5) is 5.69 Å². The fourth-order valence-electron chi connectivity index (χ4n) is 2.23. The Bertz CT molecular complexity index is 812. The molecule has 2 N–H and O–H groups in total. The number of aromatic hydroxyl groups is 1. The highest BCUT2D eigenvalue weighted by molar-refractivity contribution is 6.14. The third-order valence-electron chi connectivity index (χ3n) is 3.57. The molecule has 2 rings (SSSR count). The van der Waals surface area contributed by atoms with Gasteiger partial charge in [-0.2, -0.15) is 0 Å². The van der Waals surface area contributed by atoms with Gasteiger partial charge in [0.05, 0.1) is 13.2 Å². The maximum absolute atomic E-state index is 12.0. The number of hydrogen-bond donors (Lipinski definition) is 2. The Morgan fingerprint density at radius 3 is 2.25 bits per heavy atom. The highest BCUT2D eigenvalue weighted by Crippen LogP contribution is 2.30. The van der Waals surface area contributed by atoms with Gasteiger partial charge in [-0.3, -0.25) is 0 Å². The number of carbonyl (C=O) groups is 2. The van der Waals surface area contributed by atoms with E-state index >= 15 is 0 Å². The van der Waals surface area contributed by atoms with E-state index in [1.165, 1.54) is 12.3 Å². The molecule has 2 aromatic carbocycles. The molecule has 28 heavy (non-hydrogen) atoms. The van der Waals surface area contributed by atoms with Crippen LogP contribution < -0.4 is 10.1 Å². The molecule has 0 aliphatic heterocycles. The number of benzene rings is 2. The molecule has 0 aliphatic carbocycles. The Balaban J connectivity index is 2.14. The van der Waals surface area contributed by atoms with Crippen molar-refractivity contribution in [1.29, 1.82) is 0 Å². The molecule has 0 saturated carbocycles. The second-order valence-electron chi connectivity index (χ2n) is 5.60. The summed E-state index contributed by atoms with van der Waals surface area (Å²) in [5.41, 5.74) is 1.20. The minimum absolute atomic E-state index is 0.0264. The van der Waals surface area contributed by atoms with E-state index in [4.69, 9.17) is 14.2 Å². The molecule has 0 fully saturated rings. The van der Waals surface area contributed by atoms with Gasteiger partial charge >= 0.3 is 11.9 Å². The van der Waals surface area contributed by atoms with Crippen LogP contribution in [-0.4, -0.2) is 30.3 Å². The first-order valence-electron chi connectivity index (χ1n) is 8.85. The van der Waals surface area contributed by atoms with Gasteiger partial charge in [0.1, 0.15) is 6.61 Å². The molecule has 148 valence electrons. The van der Waals surface area contributed by atoms with E-state index in [1.54, 1.807) is 26.0 Å². The van der Waals surface area contributed by atoms with E-state index in [-0.39, 0.29) is 36.9 Å². The Hall–Kier alpha value is -3.48. The Morgan fingerprint density at radius 1 is 1.00 bits per heavy atom. The van der Waals surface area contributed by atoms with E-state index in [1.807, 2.05) is 30.3 Å². The largest absolute Gasteiger partial charge is 0.504 e. The summed E-state index contributed by atoms with van der Waals surface area (Å²) in [7, 11) is 0. The third kappa shape index (κ3) is 6.05. The van der Waals surface area contributed by atoms with Crippen LogP contribution in [0.2, 0.25) is 0 Å². The van der Waals surface area contributed by atoms with Crippen LogP contribution in [0, 0.1) is 0 Å². The van der Waals surface area contributed by atoms with Crippen molar-refractivity contribution in [2.45, 2.75) is 20.5 Å². The van der Waals surface area contributed by atoms with Gasteiger partial charge in [0.2, 0.25) is 0 Å². The van der Waals surface area contributed by atoms with Crippen LogP contribution in [0.15, 0.2) is 60.3 Å². The van der Waals surface area contributed by atoms with Crippen molar-refractivity contribution < 1.29 is 28.9 Å². The van der Waals surface area contributed by atoms with Crippen LogP contribution in [0.1, 0.15) is 19.4 Å². The summed E-state index contributed by atoms with van der Waals surface area (Å²) in [5.74, 6) is -1.34. The van der Waals surface area contributed by atoms with Gasteiger partial charge in [0, 0.05) is 18.0 Å². The maximum Gasteiger partial charge on any atom is 0.347 e. The molecule has 0 atom stereocenters. The molecule has 0 spiro atoms. The number of hydrogen-bond acceptors (Lipinski definition) is 7. The van der Waals surface area contributed by atoms with Crippen molar-refractivity contribution in [3.8, 4) is 11.5 Å². The lowest BCUT2D eigenvalue weighted by molar-refractivity contribution is -0.146. The molecule has 7 heteroatoms. The smallest absolute Gasteiger partial charge is 0.347 e. The first-order valence-corrected chi connectivity index (χ1v) is 8.85. The zero-order chi connectivity index (χ0) is 20.4. The Morgan fingerprint density at radius 2 is 1.64 bits per heavy atom. The summed E-state index contributed by atoms with van der Waals surface area (Å²) in [4.78, 5) is 23.9. The number of ether oxygens (including phenoxy) is 3. The molecule has 0 aromatic heterocycles. The van der Waals surface area contributed by atoms with Crippen molar-refractivity contribution in [3.05, 3.63) is 65.9 Å². The summed E-state index contributed by atoms with van der Waals surface area (Å²) in [5, 5.41) is 12.8. The Labute approximate surface area is 163 Å². The molecule has 0 bridgehead atoms. The van der Waals surface area contributed by atoms with Gasteiger partial charge in [-0.25, -0.2) is 9.59 Å². The number of phenols is 1. The van der Waals surface area contributed by atoms with Gasteiger partial charge in [0.15, 0.2) is 17.1 Å². The van der Waals surface area contributed by atoms with Crippen LogP contribution >= 0.6 is 0 Å². The summed E-state index contributed by atoms with van der Waals surface area (Å²) in [6.45, 7) is 3.83. The van der Waals surface area contributed by atoms with Gasteiger partial charge in [-0.05, 0) is 31.5 Å². The van der Waals surface area contributed by atoms with Crippen LogP contribution in [0.25, 0.3) is 0 Å². The van der Waals surface area contributed by atoms with Gasteiger partial charge < -0.3 is 24.6 Å². The minimum Gasteiger partial charge on any atom is -0.504 e. The van der Waals surface area contributed by atoms with Crippen molar-refractivity contribution in [2.24, 2.45) is 0 Å². The highest BCUT2D eigenvalue weighted by atomic mass is 16.6. The first-order chi connectivity index (χ1) is 13.5. The number of nitrogens with one attached hydrogen (secondary N) is 1. The van der Waals surface area contributed by atoms with Crippen molar-refractivity contribution in [3.63, 3.8) is 0 Å². The average molecular weight is 385 g/mol. The third-order valence-corrected chi connectivity index (χ3v) is 3.57. The molecule has 2 aromatic rings. The fourth-order valence-corrected chi connectivity index (χ4v) is 2.23. The zero-order valence-corrected chi connectivity index (χ0v) is 15.8. The number of esters is 2. The zero-order valence-electron chi connectivity index (χ0n) is 15.8. The lowest BCUT2D eigenvalue weighted by atomic mass is 10.2. The normalized spacial score (nSPS) is 9.93. The summed E-state index contributed by atoms with van der Waals surface area (Å²) in [6.07, 6.45) is 1.21. The Kier molecular flexibility index (Phi) is 7.90. The van der Waals surface area contributed by atoms with Gasteiger partial charge in [-0.15, -0.1) is 0 Å². The van der Waals surface area contributed by atoms with Crippen LogP contribution in [0.3, 0.4) is 0 Å².